The molecule has 0 aliphatic rings. The van der Waals surface area contributed by atoms with Crippen molar-refractivity contribution in [3.8, 4) is 0 Å². The predicted octanol–water partition coefficient (Wildman–Crippen LogP) is 2.13. The number of nitrogens with zero attached hydrogens (tertiary/aromatic N) is 1. The van der Waals surface area contributed by atoms with Crippen LogP contribution in [0.2, 0.25) is 0 Å². The van der Waals surface area contributed by atoms with Crippen molar-refractivity contribution >= 4 is 15.9 Å². The minimum Gasteiger partial charge on any atom is -0.371 e. The van der Waals surface area contributed by atoms with E-state index in [0.29, 0.717) is 5.82 Å². The summed E-state index contributed by atoms with van der Waals surface area (Å²) in [5, 5.41) is 12.6. The zero-order valence-electron chi connectivity index (χ0n) is 11.3. The van der Waals surface area contributed by atoms with Crippen molar-refractivity contribution < 1.29 is 18.1 Å². The molecule has 112 valence electrons. The van der Waals surface area contributed by atoms with Crippen LogP contribution in [0.15, 0.2) is 48.7 Å². The molecule has 0 aliphatic carbocycles. The Hall–Kier alpha value is -1.96. The lowest BCUT2D eigenvalue weighted by Crippen LogP contribution is -2.13. The van der Waals surface area contributed by atoms with Crippen molar-refractivity contribution in [3.05, 3.63) is 59.8 Å². The van der Waals surface area contributed by atoms with Gasteiger partial charge in [0.2, 0.25) is 5.44 Å². The molecule has 0 aliphatic heterocycles. The molecule has 0 fully saturated rings. The zero-order valence-corrected chi connectivity index (χ0v) is 12.2. The van der Waals surface area contributed by atoms with Gasteiger partial charge < -0.3 is 10.4 Å². The molecule has 2 aromatic rings. The Kier molecular flexibility index (Phi) is 4.56. The first kappa shape index (κ1) is 15.4. The largest absolute Gasteiger partial charge is 0.371 e. The van der Waals surface area contributed by atoms with Gasteiger partial charge in [-0.05, 0) is 24.6 Å². The highest BCUT2D eigenvalue weighted by Gasteiger charge is 2.22. The van der Waals surface area contributed by atoms with E-state index >= 15 is 0 Å². The third kappa shape index (κ3) is 4.01. The molecule has 1 unspecified atom stereocenters. The van der Waals surface area contributed by atoms with Gasteiger partial charge in [-0.1, -0.05) is 30.3 Å². The average Bonchev–Trinajstić information content (AvgIpc) is 2.46. The molecule has 2 atom stereocenters. The van der Waals surface area contributed by atoms with Crippen molar-refractivity contribution in [1.82, 2.24) is 4.98 Å². The molecule has 3 N–H and O–H groups in total. The van der Waals surface area contributed by atoms with Crippen LogP contribution in [0.3, 0.4) is 0 Å². The summed E-state index contributed by atoms with van der Waals surface area (Å²) in [6.45, 7) is 1.93. The number of aliphatic hydroxyl groups excluding tert-OH is 1. The molecule has 21 heavy (non-hydrogen) atoms. The summed E-state index contributed by atoms with van der Waals surface area (Å²) in [6, 6.07) is 12.3. The number of nitrogens with one attached hydrogen (secondary N) is 1. The number of anilines is 1. The van der Waals surface area contributed by atoms with E-state index in [1.165, 1.54) is 18.3 Å². The number of hydrogen-bond donors (Lipinski definition) is 3. The topological polar surface area (TPSA) is 99.5 Å². The minimum atomic E-state index is -4.55. The standard InChI is InChI=1S/C14H16N2O4S/c1-10(11-5-3-2-4-6-11)16-13-9-12(7-8-15-13)14(17)21(18,19)20/h2-10,14,17H,1H3,(H,15,16)(H,18,19,20)/t10-,14?/m0/s1. The highest BCUT2D eigenvalue weighted by molar-refractivity contribution is 7.85. The van der Waals surface area contributed by atoms with Gasteiger partial charge >= 0.3 is 0 Å². The monoisotopic (exact) mass is 308 g/mol. The fourth-order valence-electron chi connectivity index (χ4n) is 1.90. The molecule has 1 aromatic carbocycles. The molecule has 2 rings (SSSR count). The van der Waals surface area contributed by atoms with Crippen LogP contribution in [-0.2, 0) is 10.1 Å². The quantitative estimate of drug-likeness (QED) is 0.732. The van der Waals surface area contributed by atoms with Crippen LogP contribution < -0.4 is 5.32 Å². The van der Waals surface area contributed by atoms with Crippen molar-refractivity contribution in [2.45, 2.75) is 18.4 Å². The second-order valence-corrected chi connectivity index (χ2v) is 6.09. The molecule has 0 bridgehead atoms. The lowest BCUT2D eigenvalue weighted by atomic mass is 10.1. The summed E-state index contributed by atoms with van der Waals surface area (Å²) >= 11 is 0. The van der Waals surface area contributed by atoms with Crippen LogP contribution in [-0.4, -0.2) is 23.1 Å². The maximum Gasteiger partial charge on any atom is 0.296 e. The molecule has 1 heterocycles. The predicted molar refractivity (Wildman–Crippen MR) is 79.2 cm³/mol. The highest BCUT2D eigenvalue weighted by Crippen LogP contribution is 2.22. The number of benzene rings is 1. The third-order valence-corrected chi connectivity index (χ3v) is 3.85. The van der Waals surface area contributed by atoms with Crippen molar-refractivity contribution in [2.75, 3.05) is 5.32 Å². The molecule has 0 saturated carbocycles. The first-order chi connectivity index (χ1) is 9.88. The Balaban J connectivity index is 2.19. The summed E-state index contributed by atoms with van der Waals surface area (Å²) < 4.78 is 30.8. The SMILES string of the molecule is C[C@H](Nc1cc(C(O)S(=O)(=O)O)ccn1)c1ccccc1. The fourth-order valence-corrected chi connectivity index (χ4v) is 2.39. The van der Waals surface area contributed by atoms with E-state index in [0.717, 1.165) is 5.56 Å². The normalized spacial score (nSPS) is 14.4. The van der Waals surface area contributed by atoms with E-state index < -0.39 is 15.6 Å². The van der Waals surface area contributed by atoms with Gasteiger partial charge in [-0.2, -0.15) is 8.42 Å². The van der Waals surface area contributed by atoms with Crippen LogP contribution in [0.5, 0.6) is 0 Å². The molecular weight excluding hydrogens is 292 g/mol. The molecular formula is C14H16N2O4S. The lowest BCUT2D eigenvalue weighted by Gasteiger charge is -2.16. The van der Waals surface area contributed by atoms with Gasteiger partial charge in [0.1, 0.15) is 5.82 Å². The van der Waals surface area contributed by atoms with Crippen molar-refractivity contribution in [1.29, 1.82) is 0 Å². The fraction of sp³-hybridized carbons (Fsp3) is 0.214. The second kappa shape index (κ2) is 6.21. The van der Waals surface area contributed by atoms with E-state index in [1.807, 2.05) is 37.3 Å². The number of hydrogen-bond acceptors (Lipinski definition) is 5. The number of aromatic nitrogens is 1. The van der Waals surface area contributed by atoms with Gasteiger partial charge in [0.25, 0.3) is 10.1 Å². The smallest absolute Gasteiger partial charge is 0.296 e. The Labute approximate surface area is 123 Å². The molecule has 0 amide bonds. The molecule has 0 spiro atoms. The summed E-state index contributed by atoms with van der Waals surface area (Å²) in [7, 11) is -4.55. The van der Waals surface area contributed by atoms with E-state index in [2.05, 4.69) is 10.3 Å². The first-order valence-electron chi connectivity index (χ1n) is 6.30. The van der Waals surface area contributed by atoms with E-state index in [9.17, 15) is 13.5 Å². The molecule has 0 radical (unpaired) electrons. The Morgan fingerprint density at radius 2 is 1.81 bits per heavy atom. The summed E-state index contributed by atoms with van der Waals surface area (Å²) in [6.07, 6.45) is 1.36. The molecule has 1 aromatic heterocycles. The zero-order chi connectivity index (χ0) is 15.5. The first-order valence-corrected chi connectivity index (χ1v) is 7.80. The van der Waals surface area contributed by atoms with Crippen LogP contribution >= 0.6 is 0 Å². The van der Waals surface area contributed by atoms with Gasteiger partial charge in [-0.15, -0.1) is 0 Å². The van der Waals surface area contributed by atoms with Crippen LogP contribution in [0.4, 0.5) is 5.82 Å². The van der Waals surface area contributed by atoms with Gasteiger partial charge in [0.15, 0.2) is 0 Å². The van der Waals surface area contributed by atoms with Gasteiger partial charge in [-0.3, -0.25) is 4.55 Å². The van der Waals surface area contributed by atoms with Gasteiger partial charge in [0.05, 0.1) is 0 Å². The van der Waals surface area contributed by atoms with Gasteiger partial charge in [-0.25, -0.2) is 4.98 Å². The Morgan fingerprint density at radius 1 is 1.14 bits per heavy atom. The van der Waals surface area contributed by atoms with E-state index in [-0.39, 0.29) is 11.6 Å². The van der Waals surface area contributed by atoms with Crippen LogP contribution in [0.25, 0.3) is 0 Å². The van der Waals surface area contributed by atoms with Crippen molar-refractivity contribution in [2.24, 2.45) is 0 Å². The summed E-state index contributed by atoms with van der Waals surface area (Å²) in [4.78, 5) is 4.07. The highest BCUT2D eigenvalue weighted by atomic mass is 32.2. The van der Waals surface area contributed by atoms with Gasteiger partial charge in [0, 0.05) is 17.8 Å². The Morgan fingerprint density at radius 3 is 2.43 bits per heavy atom. The maximum absolute atomic E-state index is 11.0. The average molecular weight is 308 g/mol. The van der Waals surface area contributed by atoms with E-state index in [1.54, 1.807) is 0 Å². The van der Waals surface area contributed by atoms with Crippen LogP contribution in [0.1, 0.15) is 29.5 Å². The number of aliphatic hydroxyl groups is 1. The number of rotatable bonds is 5. The third-order valence-electron chi connectivity index (χ3n) is 3.02. The second-order valence-electron chi connectivity index (χ2n) is 4.62. The molecule has 0 saturated heterocycles. The summed E-state index contributed by atoms with van der Waals surface area (Å²) in [5.74, 6) is 0.409. The molecule has 7 heteroatoms. The minimum absolute atomic E-state index is 0.0446. The maximum atomic E-state index is 11.0. The Bertz CT molecular complexity index is 704. The lowest BCUT2D eigenvalue weighted by molar-refractivity contribution is 0.238. The number of pyridine rings is 1. The van der Waals surface area contributed by atoms with Crippen molar-refractivity contribution in [3.63, 3.8) is 0 Å². The van der Waals surface area contributed by atoms with E-state index in [4.69, 9.17) is 4.55 Å². The molecule has 6 nitrogen and oxygen atoms in total. The van der Waals surface area contributed by atoms with Crippen LogP contribution in [0, 0.1) is 0 Å². The summed E-state index contributed by atoms with van der Waals surface area (Å²) in [5.41, 5.74) is -0.886.